The number of anilines is 2. The second kappa shape index (κ2) is 4.86. The van der Waals surface area contributed by atoms with Crippen molar-refractivity contribution in [2.45, 2.75) is 0 Å². The Balaban J connectivity index is 1.75. The molecule has 2 heterocycles. The predicted molar refractivity (Wildman–Crippen MR) is 87.0 cm³/mol. The summed E-state index contributed by atoms with van der Waals surface area (Å²) in [7, 11) is 0. The van der Waals surface area contributed by atoms with Crippen LogP contribution in [0.5, 0.6) is 0 Å². The molecule has 4 rings (SSSR count). The van der Waals surface area contributed by atoms with Crippen LogP contribution in [-0.4, -0.2) is 19.6 Å². The van der Waals surface area contributed by atoms with E-state index in [0.717, 1.165) is 21.2 Å². The molecule has 0 saturated heterocycles. The van der Waals surface area contributed by atoms with Gasteiger partial charge in [-0.1, -0.05) is 22.0 Å². The number of rotatable bonds is 2. The van der Waals surface area contributed by atoms with Gasteiger partial charge in [0.15, 0.2) is 0 Å². The summed E-state index contributed by atoms with van der Waals surface area (Å²) in [6.45, 7) is 0. The van der Waals surface area contributed by atoms with E-state index < -0.39 is 0 Å². The smallest absolute Gasteiger partial charge is 0.253 e. The first-order chi connectivity index (χ1) is 10.7. The highest BCUT2D eigenvalue weighted by molar-refractivity contribution is 9.10. The minimum Gasteiger partial charge on any atom is -0.325 e. The first-order valence-electron chi connectivity index (χ1n) is 6.54. The van der Waals surface area contributed by atoms with Crippen molar-refractivity contribution in [2.75, 3.05) is 5.32 Å². The normalized spacial score (nSPS) is 10.9. The standard InChI is InChI=1S/C15H9BrN6/c16-10-4-5-13-12(7-10)19-15-20-14(21-22(13)15)18-11-3-1-2-9(6-11)8-17/h1-7H,(H2,18,19,20,21). The number of hydrogen-bond donors (Lipinski definition) is 2. The zero-order valence-electron chi connectivity index (χ0n) is 11.2. The largest absolute Gasteiger partial charge is 0.325 e. The first kappa shape index (κ1) is 12.9. The number of hydrogen-bond acceptors (Lipinski definition) is 4. The molecular weight excluding hydrogens is 344 g/mol. The lowest BCUT2D eigenvalue weighted by Gasteiger charge is -2.02. The number of nitriles is 1. The fourth-order valence-electron chi connectivity index (χ4n) is 2.32. The summed E-state index contributed by atoms with van der Waals surface area (Å²) >= 11 is 3.43. The van der Waals surface area contributed by atoms with Gasteiger partial charge >= 0.3 is 0 Å². The summed E-state index contributed by atoms with van der Waals surface area (Å²) in [4.78, 5) is 8.89. The van der Waals surface area contributed by atoms with Gasteiger partial charge in [0.25, 0.3) is 5.78 Å². The lowest BCUT2D eigenvalue weighted by atomic mass is 10.2. The van der Waals surface area contributed by atoms with Crippen LogP contribution in [-0.2, 0) is 0 Å². The summed E-state index contributed by atoms with van der Waals surface area (Å²) in [6, 6.07) is 15.2. The second-order valence-corrected chi connectivity index (χ2v) is 5.69. The van der Waals surface area contributed by atoms with Gasteiger partial charge in [-0.25, -0.2) is 9.50 Å². The Labute approximate surface area is 133 Å². The summed E-state index contributed by atoms with van der Waals surface area (Å²) in [5, 5.41) is 15.2. The number of imidazole rings is 1. The Morgan fingerprint density at radius 1 is 1.18 bits per heavy atom. The van der Waals surface area contributed by atoms with Gasteiger partial charge in [0.05, 0.1) is 22.7 Å². The van der Waals surface area contributed by atoms with Gasteiger partial charge in [-0.05, 0) is 36.4 Å². The molecule has 6 nitrogen and oxygen atoms in total. The van der Waals surface area contributed by atoms with Crippen LogP contribution in [0.2, 0.25) is 0 Å². The van der Waals surface area contributed by atoms with Crippen molar-refractivity contribution in [3.63, 3.8) is 0 Å². The summed E-state index contributed by atoms with van der Waals surface area (Å²) in [5.74, 6) is 1.16. The molecule has 0 radical (unpaired) electrons. The van der Waals surface area contributed by atoms with E-state index >= 15 is 0 Å². The number of H-pyrrole nitrogens is 1. The minimum atomic E-state index is 0.572. The van der Waals surface area contributed by atoms with Crippen LogP contribution in [0.4, 0.5) is 11.6 Å². The molecule has 0 fully saturated rings. The molecule has 0 bridgehead atoms. The SMILES string of the molecule is N#Cc1cccc(Nc2nc3nc4cc(Br)ccc4n3[nH]2)c1. The van der Waals surface area contributed by atoms with E-state index in [9.17, 15) is 0 Å². The number of aromatic amines is 1. The maximum absolute atomic E-state index is 8.93. The molecule has 22 heavy (non-hydrogen) atoms. The van der Waals surface area contributed by atoms with E-state index in [0.29, 0.717) is 17.3 Å². The third-order valence-electron chi connectivity index (χ3n) is 3.28. The molecule has 0 atom stereocenters. The van der Waals surface area contributed by atoms with Crippen molar-refractivity contribution in [3.05, 3.63) is 52.5 Å². The molecule has 0 spiro atoms. The molecule has 4 aromatic rings. The molecular formula is C15H9BrN6. The van der Waals surface area contributed by atoms with Gasteiger partial charge in [0.1, 0.15) is 0 Å². The molecule has 2 aromatic heterocycles. The van der Waals surface area contributed by atoms with Crippen molar-refractivity contribution < 1.29 is 0 Å². The van der Waals surface area contributed by atoms with Crippen molar-refractivity contribution >= 4 is 44.4 Å². The molecule has 2 aromatic carbocycles. The zero-order chi connectivity index (χ0) is 15.1. The summed E-state index contributed by atoms with van der Waals surface area (Å²) in [6.07, 6.45) is 0. The number of nitrogens with zero attached hydrogens (tertiary/aromatic N) is 4. The fraction of sp³-hybridized carbons (Fsp3) is 0. The second-order valence-electron chi connectivity index (χ2n) is 4.77. The van der Waals surface area contributed by atoms with Crippen LogP contribution in [0.1, 0.15) is 5.56 Å². The Hall–Kier alpha value is -2.85. The topological polar surface area (TPSA) is 81.8 Å². The number of benzene rings is 2. The van der Waals surface area contributed by atoms with Crippen LogP contribution in [0.25, 0.3) is 16.8 Å². The van der Waals surface area contributed by atoms with E-state index in [2.05, 4.69) is 42.4 Å². The summed E-state index contributed by atoms with van der Waals surface area (Å²) < 4.78 is 2.80. The number of halogens is 1. The lowest BCUT2D eigenvalue weighted by Crippen LogP contribution is -1.94. The van der Waals surface area contributed by atoms with Gasteiger partial charge in [-0.2, -0.15) is 10.2 Å². The third-order valence-corrected chi connectivity index (χ3v) is 3.78. The molecule has 2 N–H and O–H groups in total. The predicted octanol–water partition coefficient (Wildman–Crippen LogP) is 3.59. The van der Waals surface area contributed by atoms with Gasteiger partial charge < -0.3 is 5.32 Å². The van der Waals surface area contributed by atoms with Crippen molar-refractivity contribution in [1.82, 2.24) is 19.6 Å². The Bertz CT molecular complexity index is 1040. The highest BCUT2D eigenvalue weighted by Crippen LogP contribution is 2.22. The molecule has 0 unspecified atom stereocenters. The van der Waals surface area contributed by atoms with Crippen LogP contribution >= 0.6 is 15.9 Å². The van der Waals surface area contributed by atoms with Crippen molar-refractivity contribution in [3.8, 4) is 6.07 Å². The van der Waals surface area contributed by atoms with Crippen LogP contribution in [0.3, 0.4) is 0 Å². The lowest BCUT2D eigenvalue weighted by molar-refractivity contribution is 1.01. The van der Waals surface area contributed by atoms with E-state index in [4.69, 9.17) is 5.26 Å². The average Bonchev–Trinajstić information content (AvgIpc) is 3.03. The van der Waals surface area contributed by atoms with E-state index in [1.165, 1.54) is 0 Å². The van der Waals surface area contributed by atoms with E-state index in [1.807, 2.05) is 34.8 Å². The maximum Gasteiger partial charge on any atom is 0.253 e. The monoisotopic (exact) mass is 352 g/mol. The van der Waals surface area contributed by atoms with Crippen molar-refractivity contribution in [1.29, 1.82) is 5.26 Å². The molecule has 0 amide bonds. The first-order valence-corrected chi connectivity index (χ1v) is 7.33. The maximum atomic E-state index is 8.93. The Kier molecular flexibility index (Phi) is 2.84. The molecule has 7 heteroatoms. The van der Waals surface area contributed by atoms with Gasteiger partial charge in [-0.3, -0.25) is 5.10 Å². The minimum absolute atomic E-state index is 0.572. The Morgan fingerprint density at radius 3 is 2.95 bits per heavy atom. The third kappa shape index (κ3) is 2.10. The average molecular weight is 353 g/mol. The zero-order valence-corrected chi connectivity index (χ0v) is 12.8. The molecule has 0 saturated carbocycles. The molecule has 0 aliphatic heterocycles. The van der Waals surface area contributed by atoms with Gasteiger partial charge in [-0.15, -0.1) is 0 Å². The molecule has 0 aliphatic rings. The number of fused-ring (bicyclic) bond motifs is 3. The van der Waals surface area contributed by atoms with E-state index in [1.54, 1.807) is 12.1 Å². The molecule has 0 aliphatic carbocycles. The van der Waals surface area contributed by atoms with Gasteiger partial charge in [0, 0.05) is 10.2 Å². The van der Waals surface area contributed by atoms with Crippen LogP contribution < -0.4 is 5.32 Å². The quantitative estimate of drug-likeness (QED) is 0.577. The van der Waals surface area contributed by atoms with Crippen LogP contribution in [0.15, 0.2) is 46.9 Å². The highest BCUT2D eigenvalue weighted by atomic mass is 79.9. The van der Waals surface area contributed by atoms with Gasteiger partial charge in [0.2, 0.25) is 5.95 Å². The molecule has 106 valence electrons. The highest BCUT2D eigenvalue weighted by Gasteiger charge is 2.10. The number of aromatic nitrogens is 4. The number of nitrogens with one attached hydrogen (secondary N) is 2. The van der Waals surface area contributed by atoms with Crippen LogP contribution in [0, 0.1) is 11.3 Å². The Morgan fingerprint density at radius 2 is 2.09 bits per heavy atom. The summed E-state index contributed by atoms with van der Waals surface area (Å²) in [5.41, 5.74) is 3.20. The van der Waals surface area contributed by atoms with E-state index in [-0.39, 0.29) is 0 Å². The van der Waals surface area contributed by atoms with Crippen molar-refractivity contribution in [2.24, 2.45) is 0 Å². The fourth-order valence-corrected chi connectivity index (χ4v) is 2.66.